The molecular formula is C14H9ClF2O2. The van der Waals surface area contributed by atoms with Gasteiger partial charge in [-0.25, -0.2) is 8.78 Å². The third-order valence-corrected chi connectivity index (χ3v) is 2.84. The van der Waals surface area contributed by atoms with Crippen LogP contribution in [-0.2, 0) is 6.61 Å². The molecule has 0 unspecified atom stereocenters. The third kappa shape index (κ3) is 3.09. The summed E-state index contributed by atoms with van der Waals surface area (Å²) in [7, 11) is 0. The number of rotatable bonds is 4. The minimum atomic E-state index is -0.942. The summed E-state index contributed by atoms with van der Waals surface area (Å²) in [4.78, 5) is 10.9. The minimum Gasteiger partial charge on any atom is -0.488 e. The van der Waals surface area contributed by atoms with E-state index in [-0.39, 0.29) is 17.2 Å². The molecule has 0 atom stereocenters. The van der Waals surface area contributed by atoms with Crippen LogP contribution < -0.4 is 4.74 Å². The SMILES string of the molecule is O=Cc1c(Cl)cccc1OCc1ccc(F)c(F)c1. The number of carbonyl (C=O) groups is 1. The van der Waals surface area contributed by atoms with E-state index < -0.39 is 11.6 Å². The van der Waals surface area contributed by atoms with E-state index in [0.717, 1.165) is 12.1 Å². The van der Waals surface area contributed by atoms with Crippen molar-refractivity contribution >= 4 is 17.9 Å². The molecule has 98 valence electrons. The van der Waals surface area contributed by atoms with Crippen molar-refractivity contribution in [1.29, 1.82) is 0 Å². The molecule has 0 aromatic heterocycles. The number of ether oxygens (including phenoxy) is 1. The normalized spacial score (nSPS) is 10.3. The Labute approximate surface area is 113 Å². The molecule has 0 N–H and O–H groups in total. The molecule has 2 aromatic carbocycles. The molecule has 0 aliphatic heterocycles. The van der Waals surface area contributed by atoms with E-state index in [1.807, 2.05) is 0 Å². The number of carbonyl (C=O) groups excluding carboxylic acids is 1. The topological polar surface area (TPSA) is 26.3 Å². The number of hydrogen-bond donors (Lipinski definition) is 0. The van der Waals surface area contributed by atoms with Gasteiger partial charge in [-0.05, 0) is 29.8 Å². The number of hydrogen-bond acceptors (Lipinski definition) is 2. The molecule has 0 bridgehead atoms. The molecule has 0 aliphatic rings. The molecule has 0 aliphatic carbocycles. The molecule has 2 nitrogen and oxygen atoms in total. The molecule has 19 heavy (non-hydrogen) atoms. The highest BCUT2D eigenvalue weighted by atomic mass is 35.5. The van der Waals surface area contributed by atoms with E-state index in [2.05, 4.69) is 0 Å². The van der Waals surface area contributed by atoms with Gasteiger partial charge in [0.05, 0.1) is 10.6 Å². The molecule has 0 amide bonds. The standard InChI is InChI=1S/C14H9ClF2O2/c15-11-2-1-3-14(10(11)7-18)19-8-9-4-5-12(16)13(17)6-9/h1-7H,8H2. The van der Waals surface area contributed by atoms with Gasteiger partial charge in [0.25, 0.3) is 0 Å². The lowest BCUT2D eigenvalue weighted by molar-refractivity contribution is 0.111. The summed E-state index contributed by atoms with van der Waals surface area (Å²) in [6.07, 6.45) is 0.586. The van der Waals surface area contributed by atoms with Crippen LogP contribution in [0.1, 0.15) is 15.9 Å². The van der Waals surface area contributed by atoms with Gasteiger partial charge >= 0.3 is 0 Å². The van der Waals surface area contributed by atoms with Crippen molar-refractivity contribution in [2.45, 2.75) is 6.61 Å². The maximum Gasteiger partial charge on any atom is 0.159 e. The quantitative estimate of drug-likeness (QED) is 0.792. The van der Waals surface area contributed by atoms with E-state index in [4.69, 9.17) is 16.3 Å². The lowest BCUT2D eigenvalue weighted by Crippen LogP contribution is -1.99. The summed E-state index contributed by atoms with van der Waals surface area (Å²) in [5, 5.41) is 0.276. The lowest BCUT2D eigenvalue weighted by Gasteiger charge is -2.09. The van der Waals surface area contributed by atoms with Gasteiger partial charge < -0.3 is 4.74 Å². The van der Waals surface area contributed by atoms with Crippen LogP contribution >= 0.6 is 11.6 Å². The Kier molecular flexibility index (Phi) is 4.12. The molecule has 2 aromatic rings. The Balaban J connectivity index is 2.16. The third-order valence-electron chi connectivity index (χ3n) is 2.51. The highest BCUT2D eigenvalue weighted by molar-refractivity contribution is 6.33. The van der Waals surface area contributed by atoms with Crippen LogP contribution in [0.15, 0.2) is 36.4 Å². The molecule has 0 spiro atoms. The van der Waals surface area contributed by atoms with E-state index in [1.54, 1.807) is 18.2 Å². The molecule has 2 rings (SSSR count). The van der Waals surface area contributed by atoms with E-state index in [0.29, 0.717) is 17.6 Å². The van der Waals surface area contributed by atoms with Crippen molar-refractivity contribution in [3.05, 3.63) is 64.2 Å². The molecule has 0 fully saturated rings. The first-order valence-corrected chi connectivity index (χ1v) is 5.80. The predicted octanol–water partition coefficient (Wildman–Crippen LogP) is 4.01. The Morgan fingerprint density at radius 2 is 1.95 bits per heavy atom. The Hall–Kier alpha value is -1.94. The summed E-state index contributed by atoms with van der Waals surface area (Å²) < 4.78 is 31.1. The molecule has 0 saturated carbocycles. The van der Waals surface area contributed by atoms with Crippen LogP contribution in [0, 0.1) is 11.6 Å². The zero-order chi connectivity index (χ0) is 13.8. The molecule has 0 saturated heterocycles. The first kappa shape index (κ1) is 13.5. The smallest absolute Gasteiger partial charge is 0.159 e. The van der Waals surface area contributed by atoms with Crippen LogP contribution in [0.4, 0.5) is 8.78 Å². The van der Waals surface area contributed by atoms with E-state index >= 15 is 0 Å². The number of aldehydes is 1. The summed E-state index contributed by atoms with van der Waals surface area (Å²) in [6, 6.07) is 8.25. The second-order valence-electron chi connectivity index (χ2n) is 3.81. The average Bonchev–Trinajstić information content (AvgIpc) is 2.40. The van der Waals surface area contributed by atoms with Crippen molar-refractivity contribution in [2.75, 3.05) is 0 Å². The Morgan fingerprint density at radius 1 is 1.16 bits per heavy atom. The van der Waals surface area contributed by atoms with Gasteiger partial charge in [-0.3, -0.25) is 4.79 Å². The van der Waals surface area contributed by atoms with Crippen LogP contribution in [-0.4, -0.2) is 6.29 Å². The summed E-state index contributed by atoms with van der Waals surface area (Å²) in [6.45, 7) is 0.0123. The fourth-order valence-corrected chi connectivity index (χ4v) is 1.76. The zero-order valence-corrected chi connectivity index (χ0v) is 10.5. The fraction of sp³-hybridized carbons (Fsp3) is 0.0714. The highest BCUT2D eigenvalue weighted by Crippen LogP contribution is 2.25. The van der Waals surface area contributed by atoms with Crippen LogP contribution in [0.25, 0.3) is 0 Å². The van der Waals surface area contributed by atoms with E-state index in [9.17, 15) is 13.6 Å². The highest BCUT2D eigenvalue weighted by Gasteiger charge is 2.08. The van der Waals surface area contributed by atoms with Gasteiger partial charge in [0.1, 0.15) is 12.4 Å². The van der Waals surface area contributed by atoms with Gasteiger partial charge in [0.2, 0.25) is 0 Å². The fourth-order valence-electron chi connectivity index (χ4n) is 1.55. The molecule has 0 radical (unpaired) electrons. The van der Waals surface area contributed by atoms with Crippen LogP contribution in [0.5, 0.6) is 5.75 Å². The van der Waals surface area contributed by atoms with Gasteiger partial charge in [0, 0.05) is 0 Å². The maximum atomic E-state index is 13.0. The van der Waals surface area contributed by atoms with E-state index in [1.165, 1.54) is 6.07 Å². The molecule has 0 heterocycles. The van der Waals surface area contributed by atoms with Gasteiger partial charge in [0.15, 0.2) is 17.9 Å². The average molecular weight is 283 g/mol. The zero-order valence-electron chi connectivity index (χ0n) is 9.70. The van der Waals surface area contributed by atoms with Gasteiger partial charge in [-0.1, -0.05) is 23.7 Å². The first-order chi connectivity index (χ1) is 9.11. The van der Waals surface area contributed by atoms with Crippen molar-refractivity contribution in [1.82, 2.24) is 0 Å². The minimum absolute atomic E-state index is 0.0123. The summed E-state index contributed by atoms with van der Waals surface area (Å²) in [5.41, 5.74) is 0.683. The van der Waals surface area contributed by atoms with Crippen LogP contribution in [0.2, 0.25) is 5.02 Å². The molecular weight excluding hydrogens is 274 g/mol. The number of benzene rings is 2. The Morgan fingerprint density at radius 3 is 2.63 bits per heavy atom. The van der Waals surface area contributed by atoms with Crippen molar-refractivity contribution in [3.63, 3.8) is 0 Å². The number of halogens is 3. The largest absolute Gasteiger partial charge is 0.488 e. The van der Waals surface area contributed by atoms with Gasteiger partial charge in [-0.2, -0.15) is 0 Å². The van der Waals surface area contributed by atoms with Crippen LogP contribution in [0.3, 0.4) is 0 Å². The second-order valence-corrected chi connectivity index (χ2v) is 4.21. The predicted molar refractivity (Wildman–Crippen MR) is 67.5 cm³/mol. The maximum absolute atomic E-state index is 13.0. The Bertz CT molecular complexity index is 614. The molecule has 5 heteroatoms. The second kappa shape index (κ2) is 5.80. The van der Waals surface area contributed by atoms with Crippen molar-refractivity contribution in [2.24, 2.45) is 0 Å². The van der Waals surface area contributed by atoms with Gasteiger partial charge in [-0.15, -0.1) is 0 Å². The monoisotopic (exact) mass is 282 g/mol. The first-order valence-electron chi connectivity index (χ1n) is 5.42. The summed E-state index contributed by atoms with van der Waals surface area (Å²) >= 11 is 5.84. The lowest BCUT2D eigenvalue weighted by atomic mass is 10.2. The van der Waals surface area contributed by atoms with Crippen molar-refractivity contribution < 1.29 is 18.3 Å². The van der Waals surface area contributed by atoms with Crippen molar-refractivity contribution in [3.8, 4) is 5.75 Å². The summed E-state index contributed by atoms with van der Waals surface area (Å²) in [5.74, 6) is -1.56.